The Kier molecular flexibility index (Phi) is 4.45. The fourth-order valence-electron chi connectivity index (χ4n) is 3.10. The molecular weight excluding hydrogens is 188 g/mol. The molecule has 1 aliphatic heterocycles. The van der Waals surface area contributed by atoms with E-state index in [4.69, 9.17) is 4.74 Å². The smallest absolute Gasteiger partial charge is 0.0542 e. The highest BCUT2D eigenvalue weighted by atomic mass is 16.5. The van der Waals surface area contributed by atoms with Crippen molar-refractivity contribution in [2.75, 3.05) is 13.2 Å². The normalized spacial score (nSPS) is 35.0. The van der Waals surface area contributed by atoms with Crippen LogP contribution < -0.4 is 0 Å². The van der Waals surface area contributed by atoms with Gasteiger partial charge in [0.2, 0.25) is 0 Å². The molecule has 1 heterocycles. The van der Waals surface area contributed by atoms with Crippen LogP contribution in [-0.2, 0) is 4.74 Å². The second kappa shape index (κ2) is 5.86. The van der Waals surface area contributed by atoms with Crippen molar-refractivity contribution in [3.63, 3.8) is 0 Å². The Hall–Kier alpha value is -0.0800. The molecule has 1 N–H and O–H groups in total. The highest BCUT2D eigenvalue weighted by Crippen LogP contribution is 2.31. The van der Waals surface area contributed by atoms with Crippen LogP contribution in [0, 0.1) is 11.8 Å². The summed E-state index contributed by atoms with van der Waals surface area (Å²) in [6, 6.07) is 0. The Morgan fingerprint density at radius 3 is 2.47 bits per heavy atom. The van der Waals surface area contributed by atoms with Crippen molar-refractivity contribution >= 4 is 0 Å². The summed E-state index contributed by atoms with van der Waals surface area (Å²) in [5.41, 5.74) is 0. The molecule has 0 radical (unpaired) electrons. The largest absolute Gasteiger partial charge is 0.393 e. The molecule has 2 atom stereocenters. The molecule has 0 aromatic heterocycles. The van der Waals surface area contributed by atoms with Crippen molar-refractivity contribution in [2.24, 2.45) is 11.8 Å². The Balaban J connectivity index is 1.76. The van der Waals surface area contributed by atoms with Gasteiger partial charge in [-0.05, 0) is 43.9 Å². The van der Waals surface area contributed by atoms with Crippen molar-refractivity contribution in [2.45, 2.75) is 57.5 Å². The number of hydrogen-bond acceptors (Lipinski definition) is 2. The Morgan fingerprint density at radius 2 is 1.67 bits per heavy atom. The van der Waals surface area contributed by atoms with Gasteiger partial charge in [-0.15, -0.1) is 0 Å². The summed E-state index contributed by atoms with van der Waals surface area (Å²) >= 11 is 0. The molecule has 1 saturated heterocycles. The Labute approximate surface area is 93.0 Å². The van der Waals surface area contributed by atoms with Crippen molar-refractivity contribution < 1.29 is 9.84 Å². The predicted molar refractivity (Wildman–Crippen MR) is 60.7 cm³/mol. The Bertz CT molecular complexity index is 175. The minimum absolute atomic E-state index is 0.0164. The van der Waals surface area contributed by atoms with Gasteiger partial charge in [0.05, 0.1) is 6.10 Å². The lowest BCUT2D eigenvalue weighted by Gasteiger charge is -2.26. The molecule has 1 aliphatic carbocycles. The molecule has 88 valence electrons. The number of aliphatic hydroxyl groups is 1. The maximum atomic E-state index is 9.76. The van der Waals surface area contributed by atoms with Crippen LogP contribution in [0.4, 0.5) is 0 Å². The third kappa shape index (κ3) is 3.76. The molecule has 15 heavy (non-hydrogen) atoms. The molecule has 0 aromatic rings. The molecule has 2 rings (SSSR count). The van der Waals surface area contributed by atoms with E-state index in [2.05, 4.69) is 0 Å². The van der Waals surface area contributed by atoms with Crippen LogP contribution in [0.3, 0.4) is 0 Å². The highest BCUT2D eigenvalue weighted by molar-refractivity contribution is 4.74. The first-order valence-corrected chi connectivity index (χ1v) is 6.60. The first-order valence-electron chi connectivity index (χ1n) is 6.60. The van der Waals surface area contributed by atoms with Crippen molar-refractivity contribution in [3.8, 4) is 0 Å². The average molecular weight is 212 g/mol. The van der Waals surface area contributed by atoms with Gasteiger partial charge in [-0.2, -0.15) is 0 Å². The number of hydrogen-bond donors (Lipinski definition) is 1. The SMILES string of the molecule is OC1CCCCC(CC2CCOCC2)C1. The van der Waals surface area contributed by atoms with Gasteiger partial charge >= 0.3 is 0 Å². The lowest BCUT2D eigenvalue weighted by molar-refractivity contribution is 0.0539. The molecule has 2 aliphatic rings. The monoisotopic (exact) mass is 212 g/mol. The first-order chi connectivity index (χ1) is 7.34. The molecule has 2 unspecified atom stereocenters. The molecule has 0 aromatic carbocycles. The molecule has 2 fully saturated rings. The van der Waals surface area contributed by atoms with Crippen molar-refractivity contribution in [1.82, 2.24) is 0 Å². The van der Waals surface area contributed by atoms with Gasteiger partial charge < -0.3 is 9.84 Å². The zero-order valence-electron chi connectivity index (χ0n) is 9.66. The van der Waals surface area contributed by atoms with E-state index in [0.29, 0.717) is 0 Å². The van der Waals surface area contributed by atoms with E-state index < -0.39 is 0 Å². The fourth-order valence-corrected chi connectivity index (χ4v) is 3.10. The molecule has 0 spiro atoms. The third-order valence-electron chi connectivity index (χ3n) is 4.01. The summed E-state index contributed by atoms with van der Waals surface area (Å²) in [4.78, 5) is 0. The predicted octanol–water partition coefficient (Wildman–Crippen LogP) is 2.74. The van der Waals surface area contributed by atoms with E-state index >= 15 is 0 Å². The second-order valence-corrected chi connectivity index (χ2v) is 5.33. The standard InChI is InChI=1S/C13H24O2/c14-13-4-2-1-3-12(10-13)9-11-5-7-15-8-6-11/h11-14H,1-10H2. The number of rotatable bonds is 2. The number of ether oxygens (including phenoxy) is 1. The van der Waals surface area contributed by atoms with E-state index in [0.717, 1.165) is 37.9 Å². The van der Waals surface area contributed by atoms with Gasteiger partial charge in [-0.25, -0.2) is 0 Å². The van der Waals surface area contributed by atoms with Gasteiger partial charge in [0.25, 0.3) is 0 Å². The van der Waals surface area contributed by atoms with Gasteiger partial charge in [0.15, 0.2) is 0 Å². The van der Waals surface area contributed by atoms with Crippen LogP contribution in [-0.4, -0.2) is 24.4 Å². The lowest BCUT2D eigenvalue weighted by Crippen LogP contribution is -2.20. The first kappa shape index (κ1) is 11.4. The summed E-state index contributed by atoms with van der Waals surface area (Å²) in [5.74, 6) is 1.65. The van der Waals surface area contributed by atoms with Crippen LogP contribution in [0.25, 0.3) is 0 Å². The van der Waals surface area contributed by atoms with E-state index in [9.17, 15) is 5.11 Å². The topological polar surface area (TPSA) is 29.5 Å². The molecule has 0 amide bonds. The molecule has 2 nitrogen and oxygen atoms in total. The fraction of sp³-hybridized carbons (Fsp3) is 1.00. The van der Waals surface area contributed by atoms with Crippen LogP contribution >= 0.6 is 0 Å². The quantitative estimate of drug-likeness (QED) is 0.713. The van der Waals surface area contributed by atoms with Gasteiger partial charge in [0, 0.05) is 13.2 Å². The summed E-state index contributed by atoms with van der Waals surface area (Å²) in [7, 11) is 0. The zero-order valence-corrected chi connectivity index (χ0v) is 9.66. The number of aliphatic hydroxyl groups excluding tert-OH is 1. The van der Waals surface area contributed by atoms with Crippen LogP contribution in [0.5, 0.6) is 0 Å². The minimum Gasteiger partial charge on any atom is -0.393 e. The Morgan fingerprint density at radius 1 is 0.933 bits per heavy atom. The molecule has 1 saturated carbocycles. The highest BCUT2D eigenvalue weighted by Gasteiger charge is 2.23. The average Bonchev–Trinajstić information content (AvgIpc) is 2.44. The molecule has 2 heteroatoms. The molecule has 0 bridgehead atoms. The maximum absolute atomic E-state index is 9.76. The summed E-state index contributed by atoms with van der Waals surface area (Å²) < 4.78 is 5.39. The van der Waals surface area contributed by atoms with Crippen LogP contribution in [0.2, 0.25) is 0 Å². The van der Waals surface area contributed by atoms with E-state index in [-0.39, 0.29) is 6.10 Å². The third-order valence-corrected chi connectivity index (χ3v) is 4.01. The zero-order chi connectivity index (χ0) is 10.5. The molecular formula is C13H24O2. The van der Waals surface area contributed by atoms with Crippen molar-refractivity contribution in [3.05, 3.63) is 0 Å². The van der Waals surface area contributed by atoms with Gasteiger partial charge in [0.1, 0.15) is 0 Å². The maximum Gasteiger partial charge on any atom is 0.0542 e. The van der Waals surface area contributed by atoms with Crippen LogP contribution in [0.1, 0.15) is 51.4 Å². The van der Waals surface area contributed by atoms with Gasteiger partial charge in [-0.1, -0.05) is 19.3 Å². The summed E-state index contributed by atoms with van der Waals surface area (Å²) in [6.45, 7) is 1.92. The van der Waals surface area contributed by atoms with Crippen LogP contribution in [0.15, 0.2) is 0 Å². The van der Waals surface area contributed by atoms with Crippen molar-refractivity contribution in [1.29, 1.82) is 0 Å². The van der Waals surface area contributed by atoms with E-state index in [1.165, 1.54) is 38.5 Å². The summed E-state index contributed by atoms with van der Waals surface area (Å²) in [5, 5.41) is 9.76. The summed E-state index contributed by atoms with van der Waals surface area (Å²) in [6.07, 6.45) is 9.78. The van der Waals surface area contributed by atoms with E-state index in [1.807, 2.05) is 0 Å². The second-order valence-electron chi connectivity index (χ2n) is 5.33. The van der Waals surface area contributed by atoms with Gasteiger partial charge in [-0.3, -0.25) is 0 Å². The van der Waals surface area contributed by atoms with E-state index in [1.54, 1.807) is 0 Å². The lowest BCUT2D eigenvalue weighted by atomic mass is 9.85. The minimum atomic E-state index is -0.0164.